The third-order valence-electron chi connectivity index (χ3n) is 2.91. The summed E-state index contributed by atoms with van der Waals surface area (Å²) in [6.07, 6.45) is 0. The molecule has 1 aromatic carbocycles. The van der Waals surface area contributed by atoms with Crippen LogP contribution in [0.3, 0.4) is 0 Å². The zero-order valence-corrected chi connectivity index (χ0v) is 12.3. The molecule has 1 rings (SSSR count). The molecule has 0 radical (unpaired) electrons. The largest absolute Gasteiger partial charge is 0.508 e. The summed E-state index contributed by atoms with van der Waals surface area (Å²) >= 11 is 0. The fraction of sp³-hybridized carbons (Fsp3) is 0.417. The molecule has 4 N–H and O–H groups in total. The molecule has 0 fully saturated rings. The number of nitrogens with one attached hydrogen (secondary N) is 1. The Labute approximate surface area is 118 Å². The average Bonchev–Trinajstić information content (AvgIpc) is 2.35. The maximum absolute atomic E-state index is 12.0. The number of phenols is 1. The molecular formula is C12H19N3O4S. The van der Waals surface area contributed by atoms with Crippen molar-refractivity contribution < 1.29 is 18.3 Å². The van der Waals surface area contributed by atoms with Crippen LogP contribution in [0.1, 0.15) is 19.4 Å². The van der Waals surface area contributed by atoms with Gasteiger partial charge in [0.1, 0.15) is 5.75 Å². The van der Waals surface area contributed by atoms with Gasteiger partial charge in [-0.25, -0.2) is 17.9 Å². The first-order valence-electron chi connectivity index (χ1n) is 6.17. The van der Waals surface area contributed by atoms with E-state index in [0.717, 1.165) is 0 Å². The topological polar surface area (TPSA) is 113 Å². The van der Waals surface area contributed by atoms with Crippen molar-refractivity contribution in [2.45, 2.75) is 25.3 Å². The second-order valence-electron chi connectivity index (χ2n) is 4.18. The van der Waals surface area contributed by atoms with Crippen LogP contribution in [-0.4, -0.2) is 37.5 Å². The minimum absolute atomic E-state index is 0.135. The summed E-state index contributed by atoms with van der Waals surface area (Å²) < 4.78 is 25.8. The summed E-state index contributed by atoms with van der Waals surface area (Å²) in [6.45, 7) is 5.52. The minimum Gasteiger partial charge on any atom is -0.508 e. The number of sulfonamides is 1. The van der Waals surface area contributed by atoms with Gasteiger partial charge in [0.15, 0.2) is 0 Å². The molecule has 20 heavy (non-hydrogen) atoms. The summed E-state index contributed by atoms with van der Waals surface area (Å²) in [5, 5.41) is 9.89. The summed E-state index contributed by atoms with van der Waals surface area (Å²) in [6, 6.07) is 2.96. The van der Waals surface area contributed by atoms with Gasteiger partial charge in [-0.05, 0) is 25.2 Å². The number of carbonyl (C=O) groups is 1. The first-order chi connectivity index (χ1) is 9.31. The highest BCUT2D eigenvalue weighted by atomic mass is 32.2. The number of benzene rings is 1. The number of carbonyl (C=O) groups excluding carboxylic acids is 1. The van der Waals surface area contributed by atoms with Crippen LogP contribution in [0.4, 0.5) is 4.79 Å². The van der Waals surface area contributed by atoms with Gasteiger partial charge in [-0.1, -0.05) is 19.9 Å². The second kappa shape index (κ2) is 6.58. The van der Waals surface area contributed by atoms with Crippen molar-refractivity contribution in [3.8, 4) is 5.75 Å². The van der Waals surface area contributed by atoms with E-state index in [1.165, 1.54) is 18.2 Å². The van der Waals surface area contributed by atoms with Crippen LogP contribution in [0, 0.1) is 0 Å². The molecule has 0 aliphatic heterocycles. The summed E-state index contributed by atoms with van der Waals surface area (Å²) in [4.78, 5) is 12.6. The number of phenolic OH excluding ortho intramolecular Hbond substituents is 1. The summed E-state index contributed by atoms with van der Waals surface area (Å²) in [7, 11) is -4.09. The van der Waals surface area contributed by atoms with Crippen molar-refractivity contribution in [3.05, 3.63) is 23.8 Å². The number of hydrogen-bond donors (Lipinski definition) is 3. The predicted octanol–water partition coefficient (Wildman–Crippen LogP) is 0.591. The molecule has 0 saturated carbocycles. The summed E-state index contributed by atoms with van der Waals surface area (Å²) in [5.41, 5.74) is 5.10. The van der Waals surface area contributed by atoms with Crippen LogP contribution < -0.4 is 10.5 Å². The van der Waals surface area contributed by atoms with E-state index in [-0.39, 0.29) is 22.8 Å². The molecule has 112 valence electrons. The van der Waals surface area contributed by atoms with Crippen molar-refractivity contribution in [3.63, 3.8) is 0 Å². The van der Waals surface area contributed by atoms with E-state index in [9.17, 15) is 18.3 Å². The molecule has 0 aliphatic carbocycles. The van der Waals surface area contributed by atoms with Crippen LogP contribution in [-0.2, 0) is 16.6 Å². The molecular weight excluding hydrogens is 282 g/mol. The highest BCUT2D eigenvalue weighted by Crippen LogP contribution is 2.26. The van der Waals surface area contributed by atoms with Crippen molar-refractivity contribution >= 4 is 16.1 Å². The molecule has 0 atom stereocenters. The second-order valence-corrected chi connectivity index (χ2v) is 5.84. The van der Waals surface area contributed by atoms with Gasteiger partial charge >= 0.3 is 6.03 Å². The van der Waals surface area contributed by atoms with Gasteiger partial charge in [0, 0.05) is 12.1 Å². The quantitative estimate of drug-likeness (QED) is 0.712. The van der Waals surface area contributed by atoms with Crippen LogP contribution in [0.2, 0.25) is 0 Å². The van der Waals surface area contributed by atoms with Crippen molar-refractivity contribution in [1.82, 2.24) is 9.62 Å². The number of urea groups is 1. The van der Waals surface area contributed by atoms with Gasteiger partial charge in [0.2, 0.25) is 0 Å². The number of primary amides is 1. The van der Waals surface area contributed by atoms with Crippen LogP contribution >= 0.6 is 0 Å². The third kappa shape index (κ3) is 3.84. The van der Waals surface area contributed by atoms with Crippen molar-refractivity contribution in [1.29, 1.82) is 0 Å². The number of aromatic hydroxyl groups is 1. The number of amides is 2. The number of rotatable bonds is 6. The SMILES string of the molecule is CCN(CC)Cc1c(O)cccc1S(=O)(=O)NC(N)=O. The molecule has 0 heterocycles. The molecule has 0 unspecified atom stereocenters. The Morgan fingerprint density at radius 2 is 1.95 bits per heavy atom. The van der Waals surface area contributed by atoms with Gasteiger partial charge in [-0.15, -0.1) is 0 Å². The smallest absolute Gasteiger partial charge is 0.326 e. The maximum Gasteiger partial charge on any atom is 0.326 e. The summed E-state index contributed by atoms with van der Waals surface area (Å²) in [5.74, 6) is -0.135. The van der Waals surface area contributed by atoms with E-state index >= 15 is 0 Å². The van der Waals surface area contributed by atoms with E-state index in [4.69, 9.17) is 5.73 Å². The van der Waals surface area contributed by atoms with E-state index in [1.54, 1.807) is 4.72 Å². The molecule has 0 aliphatic rings. The molecule has 0 spiro atoms. The Morgan fingerprint density at radius 3 is 2.45 bits per heavy atom. The highest BCUT2D eigenvalue weighted by Gasteiger charge is 2.23. The zero-order valence-electron chi connectivity index (χ0n) is 11.5. The third-order valence-corrected chi connectivity index (χ3v) is 4.34. The van der Waals surface area contributed by atoms with Gasteiger partial charge in [-0.2, -0.15) is 0 Å². The minimum atomic E-state index is -4.09. The monoisotopic (exact) mass is 301 g/mol. The fourth-order valence-corrected chi connectivity index (χ4v) is 2.95. The lowest BCUT2D eigenvalue weighted by atomic mass is 10.2. The van der Waals surface area contributed by atoms with Crippen molar-refractivity contribution in [2.75, 3.05) is 13.1 Å². The fourth-order valence-electron chi connectivity index (χ4n) is 1.82. The molecule has 7 nitrogen and oxygen atoms in total. The van der Waals surface area contributed by atoms with Gasteiger partial charge in [0.25, 0.3) is 10.0 Å². The van der Waals surface area contributed by atoms with E-state index in [0.29, 0.717) is 13.1 Å². The van der Waals surface area contributed by atoms with Gasteiger partial charge < -0.3 is 10.8 Å². The lowest BCUT2D eigenvalue weighted by Gasteiger charge is -2.20. The van der Waals surface area contributed by atoms with Crippen molar-refractivity contribution in [2.24, 2.45) is 5.73 Å². The Kier molecular flexibility index (Phi) is 5.34. The Hall–Kier alpha value is -1.80. The van der Waals surface area contributed by atoms with Gasteiger partial charge in [-0.3, -0.25) is 4.90 Å². The zero-order chi connectivity index (χ0) is 15.3. The Bertz CT molecular complexity index is 582. The van der Waals surface area contributed by atoms with E-state index in [1.807, 2.05) is 18.7 Å². The lowest BCUT2D eigenvalue weighted by Crippen LogP contribution is -2.36. The number of nitrogens with zero attached hydrogens (tertiary/aromatic N) is 1. The lowest BCUT2D eigenvalue weighted by molar-refractivity contribution is 0.253. The first-order valence-corrected chi connectivity index (χ1v) is 7.65. The Morgan fingerprint density at radius 1 is 1.35 bits per heavy atom. The number of hydrogen-bond acceptors (Lipinski definition) is 5. The van der Waals surface area contributed by atoms with Crippen LogP contribution in [0.5, 0.6) is 5.75 Å². The average molecular weight is 301 g/mol. The van der Waals surface area contributed by atoms with E-state index in [2.05, 4.69) is 0 Å². The normalized spacial score (nSPS) is 11.6. The molecule has 2 amide bonds. The maximum atomic E-state index is 12.0. The molecule has 1 aromatic rings. The molecule has 0 bridgehead atoms. The number of nitrogens with two attached hydrogens (primary N) is 1. The Balaban J connectivity index is 3.27. The highest BCUT2D eigenvalue weighted by molar-refractivity contribution is 7.90. The molecule has 0 aromatic heterocycles. The first kappa shape index (κ1) is 16.3. The molecule has 8 heteroatoms. The molecule has 0 saturated heterocycles. The standard InChI is InChI=1S/C12H19N3O4S/c1-3-15(4-2)8-9-10(16)6-5-7-11(9)20(18,19)14-12(13)17/h5-7,16H,3-4,8H2,1-2H3,(H3,13,14,17). The van der Waals surface area contributed by atoms with Gasteiger partial charge in [0.05, 0.1) is 4.90 Å². The predicted molar refractivity (Wildman–Crippen MR) is 74.6 cm³/mol. The van der Waals surface area contributed by atoms with Crippen LogP contribution in [0.15, 0.2) is 23.1 Å². The van der Waals surface area contributed by atoms with Crippen LogP contribution in [0.25, 0.3) is 0 Å². The van der Waals surface area contributed by atoms with E-state index < -0.39 is 16.1 Å².